The lowest BCUT2D eigenvalue weighted by molar-refractivity contribution is 1.09. The van der Waals surface area contributed by atoms with Gasteiger partial charge in [0, 0.05) is 12.4 Å². The SMILES string of the molecule is CCc1cc(CC)cc(-c2ccncc2C)c1. The second-order valence-corrected chi connectivity index (χ2v) is 4.44. The van der Waals surface area contributed by atoms with Crippen LogP contribution in [0.15, 0.2) is 36.7 Å². The quantitative estimate of drug-likeness (QED) is 0.763. The summed E-state index contributed by atoms with van der Waals surface area (Å²) < 4.78 is 0. The average Bonchev–Trinajstić information content (AvgIpc) is 2.38. The number of rotatable bonds is 3. The monoisotopic (exact) mass is 225 g/mol. The normalized spacial score (nSPS) is 10.5. The fourth-order valence-electron chi connectivity index (χ4n) is 2.12. The first-order valence-electron chi connectivity index (χ1n) is 6.28. The molecule has 0 amide bonds. The molecule has 1 heterocycles. The van der Waals surface area contributed by atoms with Crippen LogP contribution in [0.4, 0.5) is 0 Å². The van der Waals surface area contributed by atoms with Gasteiger partial charge in [-0.25, -0.2) is 0 Å². The molecular formula is C16H19N. The molecule has 2 aromatic rings. The molecule has 0 aliphatic heterocycles. The summed E-state index contributed by atoms with van der Waals surface area (Å²) in [7, 11) is 0. The molecule has 88 valence electrons. The van der Waals surface area contributed by atoms with Crippen molar-refractivity contribution in [3.05, 3.63) is 53.3 Å². The van der Waals surface area contributed by atoms with Gasteiger partial charge in [0.25, 0.3) is 0 Å². The van der Waals surface area contributed by atoms with E-state index < -0.39 is 0 Å². The van der Waals surface area contributed by atoms with E-state index in [9.17, 15) is 0 Å². The predicted molar refractivity (Wildman–Crippen MR) is 73.2 cm³/mol. The third-order valence-corrected chi connectivity index (χ3v) is 3.20. The molecule has 0 fully saturated rings. The van der Waals surface area contributed by atoms with Crippen molar-refractivity contribution < 1.29 is 0 Å². The van der Waals surface area contributed by atoms with Gasteiger partial charge in [-0.05, 0) is 53.6 Å². The van der Waals surface area contributed by atoms with Crippen LogP contribution in [0, 0.1) is 6.92 Å². The summed E-state index contributed by atoms with van der Waals surface area (Å²) in [6, 6.07) is 8.99. The van der Waals surface area contributed by atoms with E-state index in [2.05, 4.69) is 50.0 Å². The maximum atomic E-state index is 4.16. The van der Waals surface area contributed by atoms with Crippen LogP contribution in [0.3, 0.4) is 0 Å². The summed E-state index contributed by atoms with van der Waals surface area (Å²) in [5, 5.41) is 0. The Morgan fingerprint density at radius 1 is 1.00 bits per heavy atom. The first-order valence-corrected chi connectivity index (χ1v) is 6.28. The molecule has 0 N–H and O–H groups in total. The summed E-state index contributed by atoms with van der Waals surface area (Å²) in [5.41, 5.74) is 6.68. The van der Waals surface area contributed by atoms with Gasteiger partial charge in [0.05, 0.1) is 0 Å². The third kappa shape index (κ3) is 2.55. The number of aromatic nitrogens is 1. The van der Waals surface area contributed by atoms with Crippen molar-refractivity contribution in [1.29, 1.82) is 0 Å². The number of pyridine rings is 1. The third-order valence-electron chi connectivity index (χ3n) is 3.20. The van der Waals surface area contributed by atoms with Crippen LogP contribution in [0.25, 0.3) is 11.1 Å². The summed E-state index contributed by atoms with van der Waals surface area (Å²) in [5.74, 6) is 0. The predicted octanol–water partition coefficient (Wildman–Crippen LogP) is 4.18. The first kappa shape index (κ1) is 11.8. The molecule has 0 radical (unpaired) electrons. The van der Waals surface area contributed by atoms with Gasteiger partial charge in [0.1, 0.15) is 0 Å². The molecule has 0 saturated heterocycles. The van der Waals surface area contributed by atoms with Gasteiger partial charge >= 0.3 is 0 Å². The minimum Gasteiger partial charge on any atom is -0.264 e. The lowest BCUT2D eigenvalue weighted by atomic mass is 9.96. The smallest absolute Gasteiger partial charge is 0.0303 e. The Morgan fingerprint density at radius 2 is 1.65 bits per heavy atom. The van der Waals surface area contributed by atoms with Crippen molar-refractivity contribution in [3.8, 4) is 11.1 Å². The topological polar surface area (TPSA) is 12.9 Å². The van der Waals surface area contributed by atoms with Crippen molar-refractivity contribution >= 4 is 0 Å². The van der Waals surface area contributed by atoms with Crippen LogP contribution >= 0.6 is 0 Å². The van der Waals surface area contributed by atoms with Crippen LogP contribution in [0.5, 0.6) is 0 Å². The number of aryl methyl sites for hydroxylation is 3. The van der Waals surface area contributed by atoms with Crippen molar-refractivity contribution in [2.75, 3.05) is 0 Å². The average molecular weight is 225 g/mol. The van der Waals surface area contributed by atoms with E-state index in [4.69, 9.17) is 0 Å². The zero-order valence-corrected chi connectivity index (χ0v) is 10.8. The van der Waals surface area contributed by atoms with Gasteiger partial charge < -0.3 is 0 Å². The molecule has 0 atom stereocenters. The molecule has 1 aromatic heterocycles. The molecule has 0 unspecified atom stereocenters. The lowest BCUT2D eigenvalue weighted by Gasteiger charge is -2.10. The fraction of sp³-hybridized carbons (Fsp3) is 0.312. The van der Waals surface area contributed by atoms with Crippen LogP contribution in [-0.4, -0.2) is 4.98 Å². The van der Waals surface area contributed by atoms with Crippen molar-refractivity contribution in [2.24, 2.45) is 0 Å². The van der Waals surface area contributed by atoms with Gasteiger partial charge in [0.2, 0.25) is 0 Å². The van der Waals surface area contributed by atoms with Crippen LogP contribution in [-0.2, 0) is 12.8 Å². The summed E-state index contributed by atoms with van der Waals surface area (Å²) in [6.45, 7) is 6.53. The Labute approximate surface area is 104 Å². The first-order chi connectivity index (χ1) is 8.24. The van der Waals surface area contributed by atoms with Crippen molar-refractivity contribution in [1.82, 2.24) is 4.98 Å². The zero-order valence-electron chi connectivity index (χ0n) is 10.8. The molecule has 0 bridgehead atoms. The molecule has 0 spiro atoms. The van der Waals surface area contributed by atoms with Gasteiger partial charge in [-0.2, -0.15) is 0 Å². The Bertz CT molecular complexity index is 492. The Balaban J connectivity index is 2.55. The summed E-state index contributed by atoms with van der Waals surface area (Å²) >= 11 is 0. The molecule has 0 aliphatic rings. The lowest BCUT2D eigenvalue weighted by Crippen LogP contribution is -1.91. The number of hydrogen-bond acceptors (Lipinski definition) is 1. The highest BCUT2D eigenvalue weighted by Crippen LogP contribution is 2.25. The number of nitrogens with zero attached hydrogens (tertiary/aromatic N) is 1. The standard InChI is InChI=1S/C16H19N/c1-4-13-8-14(5-2)10-15(9-13)16-6-7-17-11-12(16)3/h6-11H,4-5H2,1-3H3. The highest BCUT2D eigenvalue weighted by molar-refractivity contribution is 5.68. The van der Waals surface area contributed by atoms with Crippen LogP contribution in [0.1, 0.15) is 30.5 Å². The molecule has 2 rings (SSSR count). The Kier molecular flexibility index (Phi) is 3.58. The highest BCUT2D eigenvalue weighted by Gasteiger charge is 2.04. The van der Waals surface area contributed by atoms with E-state index >= 15 is 0 Å². The molecule has 0 saturated carbocycles. The van der Waals surface area contributed by atoms with E-state index in [-0.39, 0.29) is 0 Å². The van der Waals surface area contributed by atoms with Gasteiger partial charge in [-0.1, -0.05) is 32.0 Å². The van der Waals surface area contributed by atoms with E-state index in [1.807, 2.05) is 12.4 Å². The minimum absolute atomic E-state index is 1.09. The van der Waals surface area contributed by atoms with Gasteiger partial charge in [-0.3, -0.25) is 4.98 Å². The van der Waals surface area contributed by atoms with E-state index in [0.717, 1.165) is 12.8 Å². The maximum absolute atomic E-state index is 4.16. The van der Waals surface area contributed by atoms with Gasteiger partial charge in [-0.15, -0.1) is 0 Å². The maximum Gasteiger partial charge on any atom is 0.0303 e. The van der Waals surface area contributed by atoms with E-state index in [1.54, 1.807) is 0 Å². The molecule has 1 nitrogen and oxygen atoms in total. The Morgan fingerprint density at radius 3 is 2.18 bits per heavy atom. The second kappa shape index (κ2) is 5.13. The highest BCUT2D eigenvalue weighted by atomic mass is 14.6. The van der Waals surface area contributed by atoms with Crippen molar-refractivity contribution in [2.45, 2.75) is 33.6 Å². The fourth-order valence-corrected chi connectivity index (χ4v) is 2.12. The molecule has 17 heavy (non-hydrogen) atoms. The van der Waals surface area contributed by atoms with Crippen LogP contribution in [0.2, 0.25) is 0 Å². The van der Waals surface area contributed by atoms with E-state index in [1.165, 1.54) is 27.8 Å². The summed E-state index contributed by atoms with van der Waals surface area (Å²) in [6.07, 6.45) is 5.97. The van der Waals surface area contributed by atoms with E-state index in [0.29, 0.717) is 0 Å². The zero-order chi connectivity index (χ0) is 12.3. The molecule has 1 aromatic carbocycles. The second-order valence-electron chi connectivity index (χ2n) is 4.44. The van der Waals surface area contributed by atoms with Crippen LogP contribution < -0.4 is 0 Å². The largest absolute Gasteiger partial charge is 0.264 e. The van der Waals surface area contributed by atoms with Crippen molar-refractivity contribution in [3.63, 3.8) is 0 Å². The van der Waals surface area contributed by atoms with Gasteiger partial charge in [0.15, 0.2) is 0 Å². The Hall–Kier alpha value is -1.63. The molecule has 1 heteroatoms. The number of hydrogen-bond donors (Lipinski definition) is 0. The summed E-state index contributed by atoms with van der Waals surface area (Å²) in [4.78, 5) is 4.16. The molecular weight excluding hydrogens is 206 g/mol. The minimum atomic E-state index is 1.09. The molecule has 0 aliphatic carbocycles. The number of benzene rings is 1.